The molecule has 0 bridgehead atoms. The molecule has 1 heterocycles. The normalized spacial score (nSPS) is 10.8. The number of hydrazone groups is 1. The zero-order valence-electron chi connectivity index (χ0n) is 13.3. The Morgan fingerprint density at radius 1 is 1.20 bits per heavy atom. The number of thiazole rings is 1. The first-order valence-corrected chi connectivity index (χ1v) is 8.97. The summed E-state index contributed by atoms with van der Waals surface area (Å²) in [6, 6.07) is 17.3. The van der Waals surface area contributed by atoms with Gasteiger partial charge in [-0.25, -0.2) is 9.78 Å². The van der Waals surface area contributed by atoms with Gasteiger partial charge in [0.25, 0.3) is 0 Å². The minimum Gasteiger partial charge on any atom is -0.464 e. The van der Waals surface area contributed by atoms with Crippen LogP contribution in [0.25, 0.3) is 10.4 Å². The summed E-state index contributed by atoms with van der Waals surface area (Å²) in [4.78, 5) is 17.1. The first-order chi connectivity index (χ1) is 12.2. The second-order valence-electron chi connectivity index (χ2n) is 4.98. The topological polar surface area (TPSA) is 63.6 Å². The Labute approximate surface area is 157 Å². The highest BCUT2D eigenvalue weighted by atomic mass is 79.9. The summed E-state index contributed by atoms with van der Waals surface area (Å²) < 4.78 is 5.84. The van der Waals surface area contributed by atoms with Crippen molar-refractivity contribution in [3.05, 3.63) is 70.3 Å². The van der Waals surface area contributed by atoms with Gasteiger partial charge in [0.1, 0.15) is 0 Å². The van der Waals surface area contributed by atoms with Gasteiger partial charge in [-0.2, -0.15) is 5.10 Å². The number of carbonyl (C=O) groups excluding carboxylic acids is 1. The summed E-state index contributed by atoms with van der Waals surface area (Å²) in [6.07, 6.45) is 1.69. The second kappa shape index (κ2) is 8.04. The van der Waals surface area contributed by atoms with Crippen LogP contribution in [0.2, 0.25) is 0 Å². The average molecular weight is 416 g/mol. The van der Waals surface area contributed by atoms with E-state index in [9.17, 15) is 4.79 Å². The minimum atomic E-state index is -0.472. The maximum Gasteiger partial charge on any atom is 0.358 e. The molecule has 0 saturated heterocycles. The standard InChI is InChI=1S/C18H14BrN3O2S/c1-24-17(23)15-16(13-5-3-2-4-6-13)25-18(21-15)22-20-11-12-7-9-14(19)10-8-12/h2-11H,1H3,(H,21,22). The fourth-order valence-corrected chi connectivity index (χ4v) is 3.27. The van der Waals surface area contributed by atoms with Crippen LogP contribution in [0.5, 0.6) is 0 Å². The van der Waals surface area contributed by atoms with E-state index in [1.165, 1.54) is 18.4 Å². The largest absolute Gasteiger partial charge is 0.464 e. The van der Waals surface area contributed by atoms with E-state index in [2.05, 4.69) is 31.4 Å². The van der Waals surface area contributed by atoms with Crippen LogP contribution in [-0.4, -0.2) is 24.3 Å². The summed E-state index contributed by atoms with van der Waals surface area (Å²) in [5, 5.41) is 4.70. The first kappa shape index (κ1) is 17.3. The molecule has 0 atom stereocenters. The average Bonchev–Trinajstić information content (AvgIpc) is 3.08. The number of hydrogen-bond acceptors (Lipinski definition) is 6. The SMILES string of the molecule is COC(=O)c1nc(NN=Cc2ccc(Br)cc2)sc1-c1ccccc1. The Morgan fingerprint density at radius 3 is 2.60 bits per heavy atom. The Bertz CT molecular complexity index is 892. The molecule has 1 aromatic heterocycles. The molecular formula is C18H14BrN3O2S. The maximum atomic E-state index is 12.0. The molecule has 0 radical (unpaired) electrons. The third kappa shape index (κ3) is 4.32. The van der Waals surface area contributed by atoms with Gasteiger partial charge in [-0.05, 0) is 23.3 Å². The molecule has 0 spiro atoms. The smallest absolute Gasteiger partial charge is 0.358 e. The van der Waals surface area contributed by atoms with E-state index in [1.54, 1.807) is 6.21 Å². The molecule has 0 amide bonds. The van der Waals surface area contributed by atoms with E-state index in [-0.39, 0.29) is 5.69 Å². The van der Waals surface area contributed by atoms with Crippen molar-refractivity contribution >= 4 is 44.6 Å². The Balaban J connectivity index is 1.83. The number of hydrogen-bond donors (Lipinski definition) is 1. The zero-order valence-corrected chi connectivity index (χ0v) is 15.7. The lowest BCUT2D eigenvalue weighted by Gasteiger charge is -1.99. The lowest BCUT2D eigenvalue weighted by atomic mass is 10.1. The van der Waals surface area contributed by atoms with Crippen LogP contribution in [0.4, 0.5) is 5.13 Å². The van der Waals surface area contributed by atoms with Gasteiger partial charge in [0.05, 0.1) is 18.2 Å². The molecular weight excluding hydrogens is 402 g/mol. The zero-order chi connectivity index (χ0) is 17.6. The lowest BCUT2D eigenvalue weighted by molar-refractivity contribution is 0.0596. The highest BCUT2D eigenvalue weighted by Gasteiger charge is 2.19. The quantitative estimate of drug-likeness (QED) is 0.369. The van der Waals surface area contributed by atoms with Crippen molar-refractivity contribution in [1.29, 1.82) is 0 Å². The molecule has 2 aromatic carbocycles. The van der Waals surface area contributed by atoms with Crippen molar-refractivity contribution in [2.75, 3.05) is 12.5 Å². The van der Waals surface area contributed by atoms with Crippen LogP contribution in [0.15, 0.2) is 64.2 Å². The number of esters is 1. The number of nitrogens with one attached hydrogen (secondary N) is 1. The van der Waals surface area contributed by atoms with Gasteiger partial charge < -0.3 is 4.74 Å². The molecule has 0 aliphatic rings. The molecule has 1 N–H and O–H groups in total. The summed E-state index contributed by atoms with van der Waals surface area (Å²) in [5.41, 5.74) is 5.01. The van der Waals surface area contributed by atoms with Crippen LogP contribution in [0.1, 0.15) is 16.1 Å². The number of carbonyl (C=O) groups is 1. The van der Waals surface area contributed by atoms with E-state index in [4.69, 9.17) is 4.74 Å². The van der Waals surface area contributed by atoms with Crippen LogP contribution < -0.4 is 5.43 Å². The van der Waals surface area contributed by atoms with Gasteiger partial charge in [0, 0.05) is 4.47 Å². The number of anilines is 1. The van der Waals surface area contributed by atoms with Gasteiger partial charge in [-0.3, -0.25) is 5.43 Å². The number of aromatic nitrogens is 1. The molecule has 126 valence electrons. The van der Waals surface area contributed by atoms with Crippen molar-refractivity contribution in [3.63, 3.8) is 0 Å². The molecule has 0 unspecified atom stereocenters. The monoisotopic (exact) mass is 415 g/mol. The van der Waals surface area contributed by atoms with Crippen LogP contribution in [0.3, 0.4) is 0 Å². The highest BCUT2D eigenvalue weighted by Crippen LogP contribution is 2.33. The van der Waals surface area contributed by atoms with Gasteiger partial charge in [0.2, 0.25) is 5.13 Å². The summed E-state index contributed by atoms with van der Waals surface area (Å²) in [5.74, 6) is -0.472. The second-order valence-corrected chi connectivity index (χ2v) is 6.89. The Morgan fingerprint density at radius 2 is 1.92 bits per heavy atom. The number of halogens is 1. The fourth-order valence-electron chi connectivity index (χ4n) is 2.10. The molecule has 0 fully saturated rings. The summed E-state index contributed by atoms with van der Waals surface area (Å²) >= 11 is 4.74. The number of benzene rings is 2. The van der Waals surface area contributed by atoms with Gasteiger partial charge >= 0.3 is 5.97 Å². The molecule has 7 heteroatoms. The summed E-state index contributed by atoms with van der Waals surface area (Å²) in [7, 11) is 1.34. The number of rotatable bonds is 5. The predicted molar refractivity (Wildman–Crippen MR) is 104 cm³/mol. The van der Waals surface area contributed by atoms with E-state index in [1.807, 2.05) is 54.6 Å². The maximum absolute atomic E-state index is 12.0. The van der Waals surface area contributed by atoms with Crippen molar-refractivity contribution in [2.24, 2.45) is 5.10 Å². The van der Waals surface area contributed by atoms with Gasteiger partial charge in [0.15, 0.2) is 5.69 Å². The molecule has 0 saturated carbocycles. The third-order valence-electron chi connectivity index (χ3n) is 3.29. The van der Waals surface area contributed by atoms with Gasteiger partial charge in [-0.1, -0.05) is 69.7 Å². The molecule has 3 aromatic rings. The molecule has 3 rings (SSSR count). The highest BCUT2D eigenvalue weighted by molar-refractivity contribution is 9.10. The molecule has 25 heavy (non-hydrogen) atoms. The van der Waals surface area contributed by atoms with E-state index in [0.717, 1.165) is 20.5 Å². The Hall–Kier alpha value is -2.51. The van der Waals surface area contributed by atoms with E-state index < -0.39 is 5.97 Å². The number of ether oxygens (including phenoxy) is 1. The molecule has 0 aliphatic heterocycles. The summed E-state index contributed by atoms with van der Waals surface area (Å²) in [6.45, 7) is 0. The number of nitrogens with zero attached hydrogens (tertiary/aromatic N) is 2. The first-order valence-electron chi connectivity index (χ1n) is 7.36. The van der Waals surface area contributed by atoms with E-state index in [0.29, 0.717) is 5.13 Å². The van der Waals surface area contributed by atoms with Crippen LogP contribution >= 0.6 is 27.3 Å². The van der Waals surface area contributed by atoms with E-state index >= 15 is 0 Å². The molecule has 5 nitrogen and oxygen atoms in total. The Kier molecular flexibility index (Phi) is 5.57. The van der Waals surface area contributed by atoms with Crippen LogP contribution in [0, 0.1) is 0 Å². The lowest BCUT2D eigenvalue weighted by Crippen LogP contribution is -2.03. The van der Waals surface area contributed by atoms with Crippen LogP contribution in [-0.2, 0) is 4.74 Å². The number of methoxy groups -OCH3 is 1. The minimum absolute atomic E-state index is 0.278. The molecule has 0 aliphatic carbocycles. The third-order valence-corrected chi connectivity index (χ3v) is 4.82. The van der Waals surface area contributed by atoms with Crippen molar-refractivity contribution in [3.8, 4) is 10.4 Å². The predicted octanol–water partition coefficient (Wildman–Crippen LogP) is 4.81. The van der Waals surface area contributed by atoms with Crippen molar-refractivity contribution in [1.82, 2.24) is 4.98 Å². The van der Waals surface area contributed by atoms with Crippen molar-refractivity contribution < 1.29 is 9.53 Å². The van der Waals surface area contributed by atoms with Crippen molar-refractivity contribution in [2.45, 2.75) is 0 Å². The fraction of sp³-hybridized carbons (Fsp3) is 0.0556. The van der Waals surface area contributed by atoms with Gasteiger partial charge in [-0.15, -0.1) is 0 Å².